The van der Waals surface area contributed by atoms with Gasteiger partial charge in [-0.1, -0.05) is 15.9 Å². The molecule has 1 rings (SSSR count). The molecule has 0 aliphatic heterocycles. The number of nitrogens with two attached hydrogens (primary N) is 1. The summed E-state index contributed by atoms with van der Waals surface area (Å²) >= 11 is 3.18. The summed E-state index contributed by atoms with van der Waals surface area (Å²) in [6, 6.07) is 4.26. The summed E-state index contributed by atoms with van der Waals surface area (Å²) in [7, 11) is 0. The van der Waals surface area contributed by atoms with Gasteiger partial charge in [-0.15, -0.1) is 0 Å². The van der Waals surface area contributed by atoms with Crippen molar-refractivity contribution >= 4 is 21.6 Å². The molecule has 1 atom stereocenters. The fraction of sp³-hybridized carbons (Fsp3) is 0.333. The van der Waals surface area contributed by atoms with Gasteiger partial charge in [-0.2, -0.15) is 0 Å². The van der Waals surface area contributed by atoms with Crippen molar-refractivity contribution in [2.24, 2.45) is 5.73 Å². The molecule has 0 spiro atoms. The van der Waals surface area contributed by atoms with Gasteiger partial charge in [-0.25, -0.2) is 0 Å². The number of nitro groups is 1. The van der Waals surface area contributed by atoms with Crippen molar-refractivity contribution in [3.05, 3.63) is 38.3 Å². The van der Waals surface area contributed by atoms with Crippen LogP contribution < -0.4 is 5.73 Å². The molecule has 0 aliphatic carbocycles. The lowest BCUT2D eigenvalue weighted by atomic mass is 10.1. The Balaban J connectivity index is 2.97. The van der Waals surface area contributed by atoms with Gasteiger partial charge in [0.05, 0.1) is 11.0 Å². The minimum absolute atomic E-state index is 0.00873. The van der Waals surface area contributed by atoms with Crippen molar-refractivity contribution in [3.8, 4) is 0 Å². The van der Waals surface area contributed by atoms with E-state index in [1.807, 2.05) is 0 Å². The molecular formula is C9H11BrN2O3. The van der Waals surface area contributed by atoms with E-state index < -0.39 is 11.0 Å². The molecule has 1 aromatic rings. The number of benzene rings is 1. The molecule has 0 saturated heterocycles. The zero-order valence-corrected chi connectivity index (χ0v) is 9.48. The number of nitro benzene ring substituents is 1. The molecule has 0 radical (unpaired) electrons. The van der Waals surface area contributed by atoms with Gasteiger partial charge >= 0.3 is 0 Å². The van der Waals surface area contributed by atoms with E-state index in [0.29, 0.717) is 23.0 Å². The highest BCUT2D eigenvalue weighted by atomic mass is 79.9. The minimum atomic E-state index is -0.690. The lowest BCUT2D eigenvalue weighted by Crippen LogP contribution is -2.07. The van der Waals surface area contributed by atoms with Crippen LogP contribution in [0.25, 0.3) is 0 Å². The molecular weight excluding hydrogens is 264 g/mol. The second-order valence-electron chi connectivity index (χ2n) is 3.06. The van der Waals surface area contributed by atoms with E-state index in [1.165, 1.54) is 18.2 Å². The summed E-state index contributed by atoms with van der Waals surface area (Å²) < 4.78 is 0.526. The van der Waals surface area contributed by atoms with Crippen molar-refractivity contribution in [1.29, 1.82) is 0 Å². The van der Waals surface area contributed by atoms with Crippen LogP contribution >= 0.6 is 15.9 Å². The molecule has 1 unspecified atom stereocenters. The summed E-state index contributed by atoms with van der Waals surface area (Å²) in [5.41, 5.74) is 5.92. The molecule has 0 heterocycles. The Morgan fingerprint density at radius 2 is 2.27 bits per heavy atom. The van der Waals surface area contributed by atoms with Crippen LogP contribution in [-0.2, 0) is 0 Å². The van der Waals surface area contributed by atoms with E-state index in [9.17, 15) is 15.2 Å². The minimum Gasteiger partial charge on any atom is -0.388 e. The number of nitrogens with zero attached hydrogens (tertiary/aromatic N) is 1. The second-order valence-corrected chi connectivity index (χ2v) is 3.91. The van der Waals surface area contributed by atoms with Crippen molar-refractivity contribution in [3.63, 3.8) is 0 Å². The quantitative estimate of drug-likeness (QED) is 0.647. The van der Waals surface area contributed by atoms with Crippen LogP contribution in [0.1, 0.15) is 18.1 Å². The Hall–Kier alpha value is -0.980. The third-order valence-electron chi connectivity index (χ3n) is 1.99. The van der Waals surface area contributed by atoms with E-state index in [1.54, 1.807) is 0 Å². The summed E-state index contributed by atoms with van der Waals surface area (Å²) in [4.78, 5) is 9.98. The van der Waals surface area contributed by atoms with Gasteiger partial charge < -0.3 is 10.8 Å². The largest absolute Gasteiger partial charge is 0.388 e. The predicted molar refractivity (Wildman–Crippen MR) is 59.4 cm³/mol. The Morgan fingerprint density at radius 3 is 2.73 bits per heavy atom. The maximum absolute atomic E-state index is 10.5. The van der Waals surface area contributed by atoms with E-state index in [2.05, 4.69) is 15.9 Å². The van der Waals surface area contributed by atoms with Gasteiger partial charge in [-0.3, -0.25) is 10.1 Å². The Labute approximate surface area is 95.2 Å². The summed E-state index contributed by atoms with van der Waals surface area (Å²) in [5.74, 6) is 0. The van der Waals surface area contributed by atoms with Crippen LogP contribution in [0.5, 0.6) is 0 Å². The lowest BCUT2D eigenvalue weighted by molar-refractivity contribution is -0.385. The fourth-order valence-corrected chi connectivity index (χ4v) is 1.84. The third-order valence-corrected chi connectivity index (χ3v) is 2.68. The Kier molecular flexibility index (Phi) is 4.19. The molecule has 1 aromatic carbocycles. The molecule has 0 bridgehead atoms. The van der Waals surface area contributed by atoms with Crippen LogP contribution in [0.2, 0.25) is 0 Å². The van der Waals surface area contributed by atoms with Gasteiger partial charge in [0.1, 0.15) is 0 Å². The first-order chi connectivity index (χ1) is 7.06. The lowest BCUT2D eigenvalue weighted by Gasteiger charge is -2.11. The molecule has 0 fully saturated rings. The van der Waals surface area contributed by atoms with Crippen LogP contribution in [0.15, 0.2) is 22.7 Å². The number of aliphatic hydroxyl groups excluding tert-OH is 1. The molecule has 0 amide bonds. The molecule has 0 aromatic heterocycles. The Morgan fingerprint density at radius 1 is 1.60 bits per heavy atom. The van der Waals surface area contributed by atoms with Gasteiger partial charge in [0.15, 0.2) is 0 Å². The molecule has 0 aliphatic rings. The van der Waals surface area contributed by atoms with Crippen LogP contribution in [0, 0.1) is 10.1 Å². The molecule has 3 N–H and O–H groups in total. The zero-order chi connectivity index (χ0) is 11.4. The Bertz CT molecular complexity index is 370. The summed E-state index contributed by atoms with van der Waals surface area (Å²) in [6.07, 6.45) is -0.263. The van der Waals surface area contributed by atoms with Crippen LogP contribution in [-0.4, -0.2) is 16.6 Å². The maximum Gasteiger partial charge on any atom is 0.270 e. The van der Waals surface area contributed by atoms with E-state index in [-0.39, 0.29) is 5.69 Å². The summed E-state index contributed by atoms with van der Waals surface area (Å²) in [5, 5.41) is 20.1. The topological polar surface area (TPSA) is 89.4 Å². The molecule has 15 heavy (non-hydrogen) atoms. The van der Waals surface area contributed by atoms with E-state index in [0.717, 1.165) is 0 Å². The molecule has 82 valence electrons. The van der Waals surface area contributed by atoms with Gasteiger partial charge in [0, 0.05) is 16.6 Å². The highest BCUT2D eigenvalue weighted by molar-refractivity contribution is 9.10. The number of hydrogen-bond acceptors (Lipinski definition) is 4. The molecule has 6 heteroatoms. The average Bonchev–Trinajstić information content (AvgIpc) is 2.17. The van der Waals surface area contributed by atoms with Crippen molar-refractivity contribution in [1.82, 2.24) is 0 Å². The fourth-order valence-electron chi connectivity index (χ4n) is 1.21. The summed E-state index contributed by atoms with van der Waals surface area (Å²) in [6.45, 7) is 0.366. The van der Waals surface area contributed by atoms with Gasteiger partial charge in [-0.05, 0) is 24.6 Å². The first-order valence-electron chi connectivity index (χ1n) is 4.38. The average molecular weight is 275 g/mol. The molecule has 0 saturated carbocycles. The van der Waals surface area contributed by atoms with Gasteiger partial charge in [0.2, 0.25) is 0 Å². The predicted octanol–water partition coefficient (Wildman–Crippen LogP) is 1.74. The number of halogens is 1. The monoisotopic (exact) mass is 274 g/mol. The number of rotatable bonds is 4. The van der Waals surface area contributed by atoms with Crippen LogP contribution in [0.4, 0.5) is 5.69 Å². The highest BCUT2D eigenvalue weighted by Gasteiger charge is 2.14. The maximum atomic E-state index is 10.5. The van der Waals surface area contributed by atoms with Crippen LogP contribution in [0.3, 0.4) is 0 Å². The first-order valence-corrected chi connectivity index (χ1v) is 5.17. The first kappa shape index (κ1) is 12.1. The molecule has 5 nitrogen and oxygen atoms in total. The second kappa shape index (κ2) is 5.20. The zero-order valence-electron chi connectivity index (χ0n) is 7.89. The number of aliphatic hydroxyl groups is 1. The SMILES string of the molecule is NCCC(O)c1ccc([N+](=O)[O-])cc1Br. The van der Waals surface area contributed by atoms with Crippen molar-refractivity contribution in [2.45, 2.75) is 12.5 Å². The standard InChI is InChI=1S/C9H11BrN2O3/c10-8-5-6(12(14)15)1-2-7(8)9(13)3-4-11/h1-2,5,9,13H,3-4,11H2. The third kappa shape index (κ3) is 2.98. The normalized spacial score (nSPS) is 12.5. The van der Waals surface area contributed by atoms with E-state index >= 15 is 0 Å². The number of non-ortho nitro benzene ring substituents is 1. The number of hydrogen-bond donors (Lipinski definition) is 2. The smallest absolute Gasteiger partial charge is 0.270 e. The highest BCUT2D eigenvalue weighted by Crippen LogP contribution is 2.28. The van der Waals surface area contributed by atoms with Crippen molar-refractivity contribution < 1.29 is 10.0 Å². The van der Waals surface area contributed by atoms with Crippen molar-refractivity contribution in [2.75, 3.05) is 6.54 Å². The van der Waals surface area contributed by atoms with E-state index in [4.69, 9.17) is 5.73 Å². The van der Waals surface area contributed by atoms with Gasteiger partial charge in [0.25, 0.3) is 5.69 Å².